The number of carbonyl (C=O) groups is 1. The van der Waals surface area contributed by atoms with E-state index in [1.165, 1.54) is 22.8 Å². The molecule has 0 unspecified atom stereocenters. The number of urea groups is 1. The van der Waals surface area contributed by atoms with Gasteiger partial charge in [-0.05, 0) is 36.8 Å². The fourth-order valence-corrected chi connectivity index (χ4v) is 2.68. The maximum atomic E-state index is 14.8. The summed E-state index contributed by atoms with van der Waals surface area (Å²) in [6.45, 7) is 1.60. The van der Waals surface area contributed by atoms with E-state index in [0.717, 1.165) is 0 Å². The van der Waals surface area contributed by atoms with E-state index in [1.807, 2.05) is 0 Å². The van der Waals surface area contributed by atoms with Crippen molar-refractivity contribution in [2.24, 2.45) is 10.8 Å². The lowest BCUT2D eigenvalue weighted by Crippen LogP contribution is -2.25. The zero-order chi connectivity index (χ0) is 21.5. The zero-order valence-corrected chi connectivity index (χ0v) is 14.7. The first kappa shape index (κ1) is 15.2. The molecule has 3 N–H and O–H groups in total. The van der Waals surface area contributed by atoms with E-state index in [9.17, 15) is 9.18 Å². The van der Waals surface area contributed by atoms with E-state index < -0.39 is 18.2 Å². The van der Waals surface area contributed by atoms with Crippen molar-refractivity contribution in [2.75, 3.05) is 0 Å². The molecule has 0 aliphatic heterocycles. The number of benzene rings is 1. The number of nitrogens with two attached hydrogens (primary N) is 1. The molecule has 4 rings (SSSR count). The Balaban J connectivity index is 1.84. The van der Waals surface area contributed by atoms with Crippen LogP contribution in [0.25, 0.3) is 16.6 Å². The summed E-state index contributed by atoms with van der Waals surface area (Å²) in [5, 5.41) is 8.78. The Kier molecular flexibility index (Phi) is 3.82. The molecular weight excluding hydrogens is 361 g/mol. The molecule has 0 radical (unpaired) electrons. The Morgan fingerprint density at radius 1 is 1.36 bits per heavy atom. The van der Waals surface area contributed by atoms with Crippen LogP contribution in [-0.4, -0.2) is 31.3 Å². The number of carbonyl (C=O) groups excluding carboxylic acids is 1. The minimum Gasteiger partial charge on any atom is -0.350 e. The van der Waals surface area contributed by atoms with Gasteiger partial charge in [0.15, 0.2) is 5.65 Å². The number of rotatable bonds is 4. The molecule has 0 saturated carbocycles. The molecule has 1 aromatic carbocycles. The molecule has 0 saturated heterocycles. The van der Waals surface area contributed by atoms with Crippen LogP contribution in [-0.2, 0) is 6.37 Å². The van der Waals surface area contributed by atoms with Gasteiger partial charge in [-0.3, -0.25) is 4.98 Å². The van der Waals surface area contributed by atoms with Gasteiger partial charge in [0.2, 0.25) is 0 Å². The lowest BCUT2D eigenvalue weighted by molar-refractivity contribution is 0.249. The minimum atomic E-state index is -2.24. The molecule has 3 aromatic heterocycles. The molecule has 4 aromatic rings. The highest BCUT2D eigenvalue weighted by molar-refractivity contribution is 5.97. The number of hydrazone groups is 1. The van der Waals surface area contributed by atoms with E-state index in [0.29, 0.717) is 28.0 Å². The highest BCUT2D eigenvalue weighted by Gasteiger charge is 2.12. The number of fused-ring (bicyclic) bond motifs is 2. The van der Waals surface area contributed by atoms with Crippen molar-refractivity contribution >= 4 is 28.3 Å². The highest BCUT2D eigenvalue weighted by atomic mass is 19.1. The van der Waals surface area contributed by atoms with Gasteiger partial charge >= 0.3 is 6.03 Å². The van der Waals surface area contributed by atoms with Gasteiger partial charge in [-0.15, -0.1) is 0 Å². The molecule has 0 spiro atoms. The Labute approximate surface area is 161 Å². The normalized spacial score (nSPS) is 13.4. The number of amides is 2. The molecule has 3 heterocycles. The third-order valence-electron chi connectivity index (χ3n) is 4.02. The first-order chi connectivity index (χ1) is 14.3. The Bertz CT molecular complexity index is 1320. The average Bonchev–Trinajstić information content (AvgIpc) is 3.15. The molecule has 0 bridgehead atoms. The van der Waals surface area contributed by atoms with Crippen molar-refractivity contribution in [1.29, 1.82) is 0 Å². The van der Waals surface area contributed by atoms with Crippen molar-refractivity contribution < 1.29 is 11.9 Å². The van der Waals surface area contributed by atoms with Crippen molar-refractivity contribution in [2.45, 2.75) is 13.3 Å². The number of aromatic nitrogens is 4. The fourth-order valence-electron chi connectivity index (χ4n) is 2.68. The van der Waals surface area contributed by atoms with Crippen molar-refractivity contribution in [3.05, 3.63) is 71.6 Å². The Morgan fingerprint density at radius 2 is 2.21 bits per heavy atom. The van der Waals surface area contributed by atoms with Crippen LogP contribution in [0.5, 0.6) is 0 Å². The molecular formula is C19H16FN7O. The van der Waals surface area contributed by atoms with Gasteiger partial charge in [-0.25, -0.2) is 24.1 Å². The third-order valence-corrected chi connectivity index (χ3v) is 4.02. The molecule has 0 fully saturated rings. The van der Waals surface area contributed by atoms with Crippen LogP contribution in [0, 0.1) is 5.82 Å². The monoisotopic (exact) mass is 379 g/mol. The number of hydrogen-bond acceptors (Lipinski definition) is 5. The van der Waals surface area contributed by atoms with Gasteiger partial charge in [0.1, 0.15) is 11.5 Å². The molecule has 9 heteroatoms. The maximum absolute atomic E-state index is 14.8. The van der Waals surface area contributed by atoms with Crippen LogP contribution in [0.1, 0.15) is 26.6 Å². The molecule has 2 amide bonds. The molecule has 0 atom stereocenters. The van der Waals surface area contributed by atoms with Crippen LogP contribution in [0.3, 0.4) is 0 Å². The standard InChI is InChI=1S/C19H16FN7O/c1-11(24-25-19(21)28)16-4-5-18-23-10-14(27(18)26-16)8-13-7-12-3-2-6-22-17(12)9-15(13)20/h2-7,9-10H,8H2,1H3,(H3,21,25,28)/b24-11+/i8D2. The Hall–Kier alpha value is -3.88. The van der Waals surface area contributed by atoms with Crippen molar-refractivity contribution in [3.63, 3.8) is 0 Å². The van der Waals surface area contributed by atoms with E-state index in [4.69, 9.17) is 8.48 Å². The summed E-state index contributed by atoms with van der Waals surface area (Å²) in [5.74, 6) is -0.722. The minimum absolute atomic E-state index is 0.0390. The average molecular weight is 379 g/mol. The van der Waals surface area contributed by atoms with Gasteiger partial charge in [-0.1, -0.05) is 6.07 Å². The number of hydrogen-bond donors (Lipinski definition) is 2. The van der Waals surface area contributed by atoms with E-state index in [-0.39, 0.29) is 11.3 Å². The second-order valence-electron chi connectivity index (χ2n) is 5.96. The molecule has 0 aliphatic rings. The number of pyridine rings is 1. The largest absolute Gasteiger partial charge is 0.350 e. The predicted octanol–water partition coefficient (Wildman–Crippen LogP) is 2.40. The summed E-state index contributed by atoms with van der Waals surface area (Å²) in [5.41, 5.74) is 8.51. The first-order valence-corrected chi connectivity index (χ1v) is 8.27. The summed E-state index contributed by atoms with van der Waals surface area (Å²) < 4.78 is 33.4. The van der Waals surface area contributed by atoms with Gasteiger partial charge in [0.05, 0.1) is 23.1 Å². The first-order valence-electron chi connectivity index (χ1n) is 9.27. The van der Waals surface area contributed by atoms with Crippen LogP contribution >= 0.6 is 0 Å². The molecule has 140 valence electrons. The van der Waals surface area contributed by atoms with Gasteiger partial charge in [0.25, 0.3) is 0 Å². The number of primary amides is 1. The number of nitrogens with zero attached hydrogens (tertiary/aromatic N) is 5. The van der Waals surface area contributed by atoms with Gasteiger partial charge in [0, 0.05) is 26.8 Å². The highest BCUT2D eigenvalue weighted by Crippen LogP contribution is 2.20. The van der Waals surface area contributed by atoms with Crippen LogP contribution in [0.2, 0.25) is 0 Å². The number of nitrogens with one attached hydrogen (secondary N) is 1. The molecule has 28 heavy (non-hydrogen) atoms. The predicted molar refractivity (Wildman–Crippen MR) is 102 cm³/mol. The Morgan fingerprint density at radius 3 is 3.04 bits per heavy atom. The maximum Gasteiger partial charge on any atom is 0.332 e. The molecule has 0 aliphatic carbocycles. The summed E-state index contributed by atoms with van der Waals surface area (Å²) in [7, 11) is 0. The zero-order valence-electron chi connectivity index (χ0n) is 16.7. The van der Waals surface area contributed by atoms with Crippen LogP contribution < -0.4 is 11.2 Å². The lowest BCUT2D eigenvalue weighted by atomic mass is 10.1. The van der Waals surface area contributed by atoms with Crippen molar-refractivity contribution in [1.82, 2.24) is 25.0 Å². The van der Waals surface area contributed by atoms with Gasteiger partial charge in [-0.2, -0.15) is 10.2 Å². The summed E-state index contributed by atoms with van der Waals surface area (Å²) in [4.78, 5) is 19.1. The smallest absolute Gasteiger partial charge is 0.332 e. The lowest BCUT2D eigenvalue weighted by Gasteiger charge is -2.07. The quantitative estimate of drug-likeness (QED) is 0.419. The molecule has 8 nitrogen and oxygen atoms in total. The van der Waals surface area contributed by atoms with E-state index in [1.54, 1.807) is 37.4 Å². The SMILES string of the molecule is [2H]C([2H])(c1cc2cccnc2cc1F)c1cnc2ccc(/C(C)=N/NC(N)=O)nn12. The second kappa shape index (κ2) is 7.03. The topological polar surface area (TPSA) is 111 Å². The van der Waals surface area contributed by atoms with E-state index >= 15 is 0 Å². The van der Waals surface area contributed by atoms with Gasteiger partial charge < -0.3 is 5.73 Å². The summed E-state index contributed by atoms with van der Waals surface area (Å²) in [6, 6.07) is 8.48. The fraction of sp³-hybridized carbons (Fsp3) is 0.105. The van der Waals surface area contributed by atoms with Crippen molar-refractivity contribution in [3.8, 4) is 0 Å². The summed E-state index contributed by atoms with van der Waals surface area (Å²) >= 11 is 0. The van der Waals surface area contributed by atoms with E-state index in [2.05, 4.69) is 25.6 Å². The number of imidazole rings is 1. The second-order valence-corrected chi connectivity index (χ2v) is 5.96. The number of halogens is 1. The van der Waals surface area contributed by atoms with Crippen LogP contribution in [0.15, 0.2) is 53.9 Å². The third kappa shape index (κ3) is 3.37. The van der Waals surface area contributed by atoms with Crippen LogP contribution in [0.4, 0.5) is 9.18 Å². The summed E-state index contributed by atoms with van der Waals surface area (Å²) in [6.07, 6.45) is 0.617.